The van der Waals surface area contributed by atoms with Crippen molar-refractivity contribution in [1.29, 1.82) is 0 Å². The van der Waals surface area contributed by atoms with Crippen LogP contribution in [0.25, 0.3) is 0 Å². The molecular formula is C10H22BOPS. The van der Waals surface area contributed by atoms with Crippen LogP contribution < -0.4 is 0 Å². The van der Waals surface area contributed by atoms with E-state index >= 15 is 0 Å². The Balaban J connectivity index is 2.30. The molecule has 0 bridgehead atoms. The third-order valence-electron chi connectivity index (χ3n) is 3.30. The van der Waals surface area contributed by atoms with E-state index in [0.717, 1.165) is 6.61 Å². The van der Waals surface area contributed by atoms with Crippen molar-refractivity contribution in [2.24, 2.45) is 10.8 Å². The third kappa shape index (κ3) is 4.12. The van der Waals surface area contributed by atoms with E-state index in [4.69, 9.17) is 4.65 Å². The van der Waals surface area contributed by atoms with Gasteiger partial charge in [-0.1, -0.05) is 20.8 Å². The lowest BCUT2D eigenvalue weighted by atomic mass is 9.81. The largest absolute Gasteiger partial charge is 0.422 e. The Labute approximate surface area is 96.3 Å². The quantitative estimate of drug-likeness (QED) is 0.444. The van der Waals surface area contributed by atoms with Gasteiger partial charge in [-0.25, -0.2) is 0 Å². The molecular weight excluding hydrogens is 210 g/mol. The summed E-state index contributed by atoms with van der Waals surface area (Å²) in [6.07, 6.45) is 5.20. The molecule has 14 heavy (non-hydrogen) atoms. The molecule has 82 valence electrons. The van der Waals surface area contributed by atoms with Gasteiger partial charge in [0.2, 0.25) is 0 Å². The van der Waals surface area contributed by atoms with Crippen LogP contribution in [0.1, 0.15) is 46.5 Å². The molecule has 2 unspecified atom stereocenters. The molecule has 0 radical (unpaired) electrons. The first-order valence-electron chi connectivity index (χ1n) is 5.38. The highest BCUT2D eigenvalue weighted by Gasteiger charge is 2.39. The molecule has 0 aromatic rings. The first kappa shape index (κ1) is 12.9. The predicted molar refractivity (Wildman–Crippen MR) is 70.8 cm³/mol. The van der Waals surface area contributed by atoms with Gasteiger partial charge in [-0.05, 0) is 36.5 Å². The second kappa shape index (κ2) is 4.76. The van der Waals surface area contributed by atoms with Crippen molar-refractivity contribution < 1.29 is 4.65 Å². The second-order valence-corrected chi connectivity index (χ2v) is 7.34. The van der Waals surface area contributed by atoms with Crippen LogP contribution in [0.4, 0.5) is 0 Å². The van der Waals surface area contributed by atoms with Crippen molar-refractivity contribution in [2.75, 3.05) is 6.61 Å². The number of thiol groups is 1. The molecule has 2 atom stereocenters. The van der Waals surface area contributed by atoms with Crippen LogP contribution in [0.2, 0.25) is 0 Å². The van der Waals surface area contributed by atoms with Gasteiger partial charge in [0.15, 0.2) is 0 Å². The lowest BCUT2D eigenvalue weighted by Crippen LogP contribution is -2.18. The van der Waals surface area contributed by atoms with Crippen molar-refractivity contribution in [2.45, 2.75) is 46.5 Å². The zero-order valence-electron chi connectivity index (χ0n) is 9.55. The summed E-state index contributed by atoms with van der Waals surface area (Å²) in [5.74, 6) is -0.00647. The summed E-state index contributed by atoms with van der Waals surface area (Å²) < 4.78 is 5.46. The number of rotatable bonds is 4. The fraction of sp³-hybridized carbons (Fsp3) is 1.00. The van der Waals surface area contributed by atoms with Gasteiger partial charge in [0.25, 0.3) is 0 Å². The number of hydrogen-bond acceptors (Lipinski definition) is 2. The highest BCUT2D eigenvalue weighted by molar-refractivity contribution is 8.23. The minimum Gasteiger partial charge on any atom is -0.422 e. The second-order valence-electron chi connectivity index (χ2n) is 5.66. The van der Waals surface area contributed by atoms with Crippen LogP contribution in [0.15, 0.2) is 0 Å². The lowest BCUT2D eigenvalue weighted by Gasteiger charge is -2.26. The van der Waals surface area contributed by atoms with Crippen molar-refractivity contribution in [1.82, 2.24) is 0 Å². The van der Waals surface area contributed by atoms with Crippen molar-refractivity contribution >= 4 is 27.5 Å². The maximum Gasteiger partial charge on any atom is 0.380 e. The maximum atomic E-state index is 5.46. The molecule has 0 aromatic carbocycles. The Bertz CT molecular complexity index is 199. The fourth-order valence-corrected chi connectivity index (χ4v) is 2.85. The number of hydrogen-bond donors (Lipinski definition) is 1. The zero-order chi connectivity index (χ0) is 10.8. The van der Waals surface area contributed by atoms with Crippen molar-refractivity contribution in [3.8, 4) is 0 Å². The van der Waals surface area contributed by atoms with Crippen LogP contribution in [0, 0.1) is 10.8 Å². The van der Waals surface area contributed by atoms with Gasteiger partial charge < -0.3 is 4.65 Å². The molecule has 1 saturated carbocycles. The monoisotopic (exact) mass is 232 g/mol. The Morgan fingerprint density at radius 3 is 2.43 bits per heavy atom. The van der Waals surface area contributed by atoms with Gasteiger partial charge in [-0.2, -0.15) is 12.5 Å². The molecule has 0 saturated heterocycles. The molecule has 0 heterocycles. The van der Waals surface area contributed by atoms with E-state index in [1.807, 2.05) is 0 Å². The van der Waals surface area contributed by atoms with Crippen LogP contribution >= 0.6 is 21.6 Å². The van der Waals surface area contributed by atoms with Gasteiger partial charge >= 0.3 is 5.91 Å². The highest BCUT2D eigenvalue weighted by atomic mass is 32.1. The summed E-state index contributed by atoms with van der Waals surface area (Å²) >= 11 is 4.18. The standard InChI is InChI=1S/C10H22BOPS/c1-9(2)4-5-10(3,8-9)6-7-12-11(13)14/h14H,4-8,13H2,1-3H3. The highest BCUT2D eigenvalue weighted by Crippen LogP contribution is 2.50. The molecule has 1 aliphatic carbocycles. The molecule has 1 aliphatic rings. The normalized spacial score (nSPS) is 30.6. The topological polar surface area (TPSA) is 9.23 Å². The lowest BCUT2D eigenvalue weighted by molar-refractivity contribution is 0.205. The average molecular weight is 232 g/mol. The third-order valence-corrected chi connectivity index (χ3v) is 3.65. The van der Waals surface area contributed by atoms with E-state index < -0.39 is 0 Å². The van der Waals surface area contributed by atoms with Crippen LogP contribution in [0.5, 0.6) is 0 Å². The van der Waals surface area contributed by atoms with Crippen LogP contribution in [-0.4, -0.2) is 12.5 Å². The van der Waals surface area contributed by atoms with Crippen LogP contribution in [0.3, 0.4) is 0 Å². The van der Waals surface area contributed by atoms with E-state index in [2.05, 4.69) is 42.4 Å². The molecule has 0 spiro atoms. The van der Waals surface area contributed by atoms with Crippen LogP contribution in [-0.2, 0) is 4.65 Å². The van der Waals surface area contributed by atoms with E-state index in [0.29, 0.717) is 10.8 Å². The first-order valence-corrected chi connectivity index (χ1v) is 6.57. The fourth-order valence-electron chi connectivity index (χ4n) is 2.61. The molecule has 0 amide bonds. The molecule has 1 rings (SSSR count). The Kier molecular flexibility index (Phi) is 4.38. The van der Waals surface area contributed by atoms with Gasteiger partial charge in [0.1, 0.15) is 0 Å². The van der Waals surface area contributed by atoms with Gasteiger partial charge in [-0.15, -0.1) is 9.12 Å². The minimum atomic E-state index is -0.00647. The van der Waals surface area contributed by atoms with Gasteiger partial charge in [-0.3, -0.25) is 0 Å². The zero-order valence-corrected chi connectivity index (χ0v) is 11.6. The summed E-state index contributed by atoms with van der Waals surface area (Å²) in [7, 11) is 2.55. The van der Waals surface area contributed by atoms with Gasteiger partial charge in [0.05, 0.1) is 0 Å². The van der Waals surface area contributed by atoms with Crippen molar-refractivity contribution in [3.05, 3.63) is 0 Å². The molecule has 4 heteroatoms. The summed E-state index contributed by atoms with van der Waals surface area (Å²) in [5, 5.41) is 0. The Hall–Kier alpha value is 0.805. The van der Waals surface area contributed by atoms with E-state index in [1.165, 1.54) is 25.7 Å². The summed E-state index contributed by atoms with van der Waals surface area (Å²) in [6.45, 7) is 7.97. The first-order chi connectivity index (χ1) is 6.33. The predicted octanol–water partition coefficient (Wildman–Crippen LogP) is 3.40. The molecule has 0 N–H and O–H groups in total. The van der Waals surface area contributed by atoms with Gasteiger partial charge in [0, 0.05) is 6.61 Å². The molecule has 1 fully saturated rings. The van der Waals surface area contributed by atoms with E-state index in [-0.39, 0.29) is 5.91 Å². The summed E-state index contributed by atoms with van der Waals surface area (Å²) in [6, 6.07) is 0. The summed E-state index contributed by atoms with van der Waals surface area (Å²) in [4.78, 5) is 0. The Morgan fingerprint density at radius 1 is 1.36 bits per heavy atom. The SMILES string of the molecule is CC1(C)CCC(C)(CCOB(P)S)C1. The summed E-state index contributed by atoms with van der Waals surface area (Å²) in [5.41, 5.74) is 1.03. The van der Waals surface area contributed by atoms with Crippen molar-refractivity contribution in [3.63, 3.8) is 0 Å². The minimum absolute atomic E-state index is 0.00647. The molecule has 0 aromatic heterocycles. The molecule has 0 aliphatic heterocycles. The van der Waals surface area contributed by atoms with E-state index in [1.54, 1.807) is 0 Å². The Morgan fingerprint density at radius 2 is 2.00 bits per heavy atom. The average Bonchev–Trinajstić information content (AvgIpc) is 2.25. The van der Waals surface area contributed by atoms with E-state index in [9.17, 15) is 0 Å². The maximum absolute atomic E-state index is 5.46. The molecule has 1 nitrogen and oxygen atoms in total. The smallest absolute Gasteiger partial charge is 0.380 e.